The molecule has 0 bridgehead atoms. The third-order valence-electron chi connectivity index (χ3n) is 5.76. The highest BCUT2D eigenvalue weighted by molar-refractivity contribution is 7.97. The van der Waals surface area contributed by atoms with E-state index >= 15 is 0 Å². The number of esters is 1. The molecular weight excluding hydrogens is 498 g/mol. The lowest BCUT2D eigenvalue weighted by Crippen LogP contribution is -2.44. The molecule has 0 fully saturated rings. The number of methoxy groups -OCH3 is 2. The first-order chi connectivity index (χ1) is 17.9. The van der Waals surface area contributed by atoms with Gasteiger partial charge < -0.3 is 19.9 Å². The van der Waals surface area contributed by atoms with Gasteiger partial charge in [0.15, 0.2) is 0 Å². The Morgan fingerprint density at radius 2 is 1.70 bits per heavy atom. The molecule has 9 heteroatoms. The van der Waals surface area contributed by atoms with E-state index in [1.807, 2.05) is 48.5 Å². The van der Waals surface area contributed by atoms with Gasteiger partial charge in [0.05, 0.1) is 20.3 Å². The average Bonchev–Trinajstić information content (AvgIpc) is 2.89. The van der Waals surface area contributed by atoms with Gasteiger partial charge in [0.2, 0.25) is 0 Å². The number of benzene rings is 3. The Hall–Kier alpha value is -2.98. The summed E-state index contributed by atoms with van der Waals surface area (Å²) in [6.45, 7) is 0.787. The van der Waals surface area contributed by atoms with Crippen LogP contribution in [0, 0.1) is 11.6 Å². The molecule has 37 heavy (non-hydrogen) atoms. The van der Waals surface area contributed by atoms with Crippen molar-refractivity contribution in [1.29, 1.82) is 0 Å². The van der Waals surface area contributed by atoms with Crippen LogP contribution < -0.4 is 14.8 Å². The monoisotopic (exact) mass is 530 g/mol. The van der Waals surface area contributed by atoms with Crippen LogP contribution in [0.4, 0.5) is 8.78 Å². The fraction of sp³-hybridized carbons (Fsp3) is 0.321. The van der Waals surface area contributed by atoms with E-state index in [2.05, 4.69) is 14.8 Å². The van der Waals surface area contributed by atoms with Gasteiger partial charge in [0.25, 0.3) is 0 Å². The molecule has 0 aliphatic rings. The molecule has 0 aliphatic heterocycles. The van der Waals surface area contributed by atoms with Crippen LogP contribution in [0.2, 0.25) is 0 Å². The number of carbonyl (C=O) groups is 1. The fourth-order valence-corrected chi connectivity index (χ4v) is 4.54. The topological polar surface area (TPSA) is 79.8 Å². The quantitative estimate of drug-likeness (QED) is 0.210. The van der Waals surface area contributed by atoms with Gasteiger partial charge in [0, 0.05) is 36.5 Å². The first-order valence-electron chi connectivity index (χ1n) is 11.9. The Morgan fingerprint density at radius 3 is 2.38 bits per heavy atom. The Bertz CT molecular complexity index is 1130. The molecule has 0 amide bonds. The summed E-state index contributed by atoms with van der Waals surface area (Å²) < 4.78 is 40.7. The molecule has 0 saturated heterocycles. The molecular formula is C28H32F2N2O4S. The number of aliphatic hydroxyl groups is 1. The largest absolute Gasteiger partial charge is 0.497 e. The van der Waals surface area contributed by atoms with Crippen molar-refractivity contribution in [2.24, 2.45) is 0 Å². The predicted octanol–water partition coefficient (Wildman–Crippen LogP) is 4.44. The molecule has 0 unspecified atom stereocenters. The minimum atomic E-state index is -0.844. The number of rotatable bonds is 14. The summed E-state index contributed by atoms with van der Waals surface area (Å²) >= 11 is 1.32. The number of halogens is 2. The van der Waals surface area contributed by atoms with Gasteiger partial charge in [-0.2, -0.15) is 0 Å². The van der Waals surface area contributed by atoms with Gasteiger partial charge in [-0.25, -0.2) is 8.78 Å². The number of ether oxygens (including phenoxy) is 2. The van der Waals surface area contributed by atoms with Crippen molar-refractivity contribution in [2.45, 2.75) is 42.8 Å². The van der Waals surface area contributed by atoms with Crippen molar-refractivity contribution in [3.05, 3.63) is 95.1 Å². The minimum absolute atomic E-state index is 0.223. The molecule has 0 spiro atoms. The first-order valence-corrected chi connectivity index (χ1v) is 12.7. The van der Waals surface area contributed by atoms with E-state index in [0.29, 0.717) is 24.9 Å². The van der Waals surface area contributed by atoms with Crippen LogP contribution in [0.5, 0.6) is 5.75 Å². The summed E-state index contributed by atoms with van der Waals surface area (Å²) in [5.41, 5.74) is 2.45. The molecule has 3 N–H and O–H groups in total. The summed E-state index contributed by atoms with van der Waals surface area (Å²) in [4.78, 5) is 12.2. The summed E-state index contributed by atoms with van der Waals surface area (Å²) in [7, 11) is 2.97. The Balaban J connectivity index is 1.62. The number of hydrogen-bond donors (Lipinski definition) is 3. The summed E-state index contributed by atoms with van der Waals surface area (Å²) in [6.07, 6.45) is 0.267. The SMILES string of the molecule is COC(=O)CCc1ccc(SN[C@@H](Cc2cc(F)cc(F)c2)[C@H](O)CNCc2cccc(OC)c2)cc1. The fourth-order valence-electron chi connectivity index (χ4n) is 3.74. The predicted molar refractivity (Wildman–Crippen MR) is 140 cm³/mol. The van der Waals surface area contributed by atoms with E-state index in [1.54, 1.807) is 7.11 Å². The molecule has 3 aromatic carbocycles. The van der Waals surface area contributed by atoms with E-state index in [4.69, 9.17) is 4.74 Å². The van der Waals surface area contributed by atoms with E-state index in [-0.39, 0.29) is 18.9 Å². The normalized spacial score (nSPS) is 12.7. The lowest BCUT2D eigenvalue weighted by atomic mass is 10.0. The maximum Gasteiger partial charge on any atom is 0.305 e. The minimum Gasteiger partial charge on any atom is -0.497 e. The van der Waals surface area contributed by atoms with Gasteiger partial charge in [-0.05, 0) is 77.9 Å². The second-order valence-corrected chi connectivity index (χ2v) is 9.49. The zero-order valence-corrected chi connectivity index (χ0v) is 21.7. The van der Waals surface area contributed by atoms with E-state index in [1.165, 1.54) is 31.2 Å². The number of hydrogen-bond acceptors (Lipinski definition) is 7. The molecule has 2 atom stereocenters. The molecule has 3 aromatic rings. The van der Waals surface area contributed by atoms with Gasteiger partial charge >= 0.3 is 5.97 Å². The third kappa shape index (κ3) is 9.77. The standard InChI is InChI=1S/C28H32F2N2O4S/c1-35-24-5-3-4-20(14-24)17-31-18-27(33)26(15-21-12-22(29)16-23(30)13-21)32-37-25-9-6-19(7-10-25)8-11-28(34)36-2/h3-7,9-10,12-14,16,26-27,31-33H,8,11,15,17-18H2,1-2H3/t26-,27+/m0/s1. The molecule has 3 rings (SSSR count). The molecule has 0 radical (unpaired) electrons. The highest BCUT2D eigenvalue weighted by Crippen LogP contribution is 2.20. The van der Waals surface area contributed by atoms with Crippen LogP contribution in [0.25, 0.3) is 0 Å². The van der Waals surface area contributed by atoms with E-state index in [9.17, 15) is 18.7 Å². The Labute approximate surface area is 220 Å². The van der Waals surface area contributed by atoms with Gasteiger partial charge in [-0.15, -0.1) is 0 Å². The molecule has 6 nitrogen and oxygen atoms in total. The number of aryl methyl sites for hydroxylation is 1. The van der Waals surface area contributed by atoms with Crippen molar-refractivity contribution in [3.8, 4) is 5.75 Å². The van der Waals surface area contributed by atoms with Crippen molar-refractivity contribution < 1.29 is 28.2 Å². The van der Waals surface area contributed by atoms with Crippen LogP contribution in [-0.4, -0.2) is 44.0 Å². The molecule has 0 saturated carbocycles. The van der Waals surface area contributed by atoms with Gasteiger partial charge in [0.1, 0.15) is 17.4 Å². The lowest BCUT2D eigenvalue weighted by molar-refractivity contribution is -0.140. The van der Waals surface area contributed by atoms with E-state index < -0.39 is 23.8 Å². The summed E-state index contributed by atoms with van der Waals surface area (Å²) in [6, 6.07) is 18.2. The lowest BCUT2D eigenvalue weighted by Gasteiger charge is -2.24. The Morgan fingerprint density at radius 1 is 0.973 bits per heavy atom. The van der Waals surface area contributed by atoms with Crippen LogP contribution in [0.1, 0.15) is 23.1 Å². The van der Waals surface area contributed by atoms with Crippen LogP contribution in [-0.2, 0) is 28.9 Å². The van der Waals surface area contributed by atoms with Crippen LogP contribution in [0.3, 0.4) is 0 Å². The van der Waals surface area contributed by atoms with Crippen molar-refractivity contribution in [3.63, 3.8) is 0 Å². The molecule has 0 aliphatic carbocycles. The number of nitrogens with one attached hydrogen (secondary N) is 2. The number of aliphatic hydroxyl groups excluding tert-OH is 1. The summed E-state index contributed by atoms with van der Waals surface area (Å²) in [5.74, 6) is -0.824. The van der Waals surface area contributed by atoms with Crippen LogP contribution in [0.15, 0.2) is 71.6 Å². The summed E-state index contributed by atoms with van der Waals surface area (Å²) in [5, 5.41) is 14.2. The average molecular weight is 531 g/mol. The maximum absolute atomic E-state index is 13.8. The Kier molecular flexibility index (Phi) is 11.3. The zero-order valence-electron chi connectivity index (χ0n) is 20.9. The molecule has 198 valence electrons. The maximum atomic E-state index is 13.8. The third-order valence-corrected chi connectivity index (χ3v) is 6.68. The van der Waals surface area contributed by atoms with Crippen LogP contribution >= 0.6 is 11.9 Å². The number of carbonyl (C=O) groups excluding carboxylic acids is 1. The van der Waals surface area contributed by atoms with Gasteiger partial charge in [-0.3, -0.25) is 9.52 Å². The highest BCUT2D eigenvalue weighted by atomic mass is 32.2. The molecule has 0 aromatic heterocycles. The smallest absolute Gasteiger partial charge is 0.305 e. The first kappa shape index (κ1) is 28.6. The van der Waals surface area contributed by atoms with Gasteiger partial charge in [-0.1, -0.05) is 24.3 Å². The second-order valence-electron chi connectivity index (χ2n) is 8.58. The van der Waals surface area contributed by atoms with Crippen molar-refractivity contribution >= 4 is 17.9 Å². The van der Waals surface area contributed by atoms with Crippen molar-refractivity contribution in [1.82, 2.24) is 10.0 Å². The van der Waals surface area contributed by atoms with Crippen molar-refractivity contribution in [2.75, 3.05) is 20.8 Å². The second kappa shape index (κ2) is 14.7. The molecule has 0 heterocycles. The van der Waals surface area contributed by atoms with E-state index in [0.717, 1.165) is 27.8 Å². The highest BCUT2D eigenvalue weighted by Gasteiger charge is 2.21. The zero-order chi connectivity index (χ0) is 26.6.